The number of nitrogens with zero attached hydrogens (tertiary/aromatic N) is 2. The second-order valence-corrected chi connectivity index (χ2v) is 5.01. The molecule has 19 heavy (non-hydrogen) atoms. The third kappa shape index (κ3) is 1.97. The van der Waals surface area contributed by atoms with E-state index in [2.05, 4.69) is 0 Å². The largest absolute Gasteiger partial charge is 0.497 e. The Balaban J connectivity index is 2.03. The molecular weight excluding hydrogens is 240 g/mol. The van der Waals surface area contributed by atoms with Crippen molar-refractivity contribution < 1.29 is 9.53 Å². The third-order valence-electron chi connectivity index (χ3n) is 3.86. The van der Waals surface area contributed by atoms with Crippen molar-refractivity contribution in [3.8, 4) is 5.75 Å². The highest BCUT2D eigenvalue weighted by molar-refractivity contribution is 5.99. The van der Waals surface area contributed by atoms with Crippen LogP contribution in [-0.4, -0.2) is 35.6 Å². The van der Waals surface area contributed by atoms with Crippen LogP contribution in [-0.2, 0) is 7.05 Å². The van der Waals surface area contributed by atoms with Crippen LogP contribution in [0.3, 0.4) is 0 Å². The Morgan fingerprint density at radius 3 is 2.63 bits per heavy atom. The molecule has 0 bridgehead atoms. The quantitative estimate of drug-likeness (QED) is 0.829. The lowest BCUT2D eigenvalue weighted by Gasteiger charge is -2.15. The Hall–Kier alpha value is -1.97. The monoisotopic (exact) mass is 258 g/mol. The summed E-state index contributed by atoms with van der Waals surface area (Å²) in [6.45, 7) is 1.76. The van der Waals surface area contributed by atoms with E-state index in [0.29, 0.717) is 0 Å². The van der Waals surface area contributed by atoms with Gasteiger partial charge in [0.05, 0.1) is 7.11 Å². The molecule has 1 aromatic heterocycles. The average molecular weight is 258 g/mol. The van der Waals surface area contributed by atoms with Gasteiger partial charge in [0.15, 0.2) is 0 Å². The maximum atomic E-state index is 12.5. The highest BCUT2D eigenvalue weighted by Gasteiger charge is 2.22. The van der Waals surface area contributed by atoms with E-state index in [1.165, 1.54) is 0 Å². The molecule has 4 nitrogen and oxygen atoms in total. The fraction of sp³-hybridized carbons (Fsp3) is 0.400. The highest BCUT2D eigenvalue weighted by atomic mass is 16.5. The maximum absolute atomic E-state index is 12.5. The van der Waals surface area contributed by atoms with Gasteiger partial charge in [-0.2, -0.15) is 0 Å². The first-order chi connectivity index (χ1) is 9.20. The predicted octanol–water partition coefficient (Wildman–Crippen LogP) is 2.42. The smallest absolute Gasteiger partial charge is 0.270 e. The summed E-state index contributed by atoms with van der Waals surface area (Å²) in [4.78, 5) is 14.4. The normalized spacial score (nSPS) is 15.2. The van der Waals surface area contributed by atoms with Crippen LogP contribution in [0.1, 0.15) is 23.3 Å². The first-order valence-corrected chi connectivity index (χ1v) is 6.63. The molecule has 0 aliphatic carbocycles. The molecule has 4 heteroatoms. The number of hydrogen-bond donors (Lipinski definition) is 0. The minimum absolute atomic E-state index is 0.134. The van der Waals surface area contributed by atoms with Gasteiger partial charge < -0.3 is 14.2 Å². The zero-order valence-corrected chi connectivity index (χ0v) is 11.3. The number of aryl methyl sites for hydroxylation is 1. The first-order valence-electron chi connectivity index (χ1n) is 6.63. The van der Waals surface area contributed by atoms with E-state index in [-0.39, 0.29) is 5.91 Å². The van der Waals surface area contributed by atoms with E-state index in [0.717, 1.165) is 48.3 Å². The molecule has 2 heterocycles. The Morgan fingerprint density at radius 1 is 1.21 bits per heavy atom. The van der Waals surface area contributed by atoms with E-state index in [4.69, 9.17) is 4.74 Å². The Labute approximate surface area is 112 Å². The second-order valence-electron chi connectivity index (χ2n) is 5.01. The standard InChI is InChI=1S/C15H18N2O2/c1-16-13-6-5-12(19-2)9-11(13)10-14(16)15(18)17-7-3-4-8-17/h5-6,9-10H,3-4,7-8H2,1-2H3. The van der Waals surface area contributed by atoms with Crippen molar-refractivity contribution in [3.63, 3.8) is 0 Å². The fourth-order valence-electron chi connectivity index (χ4n) is 2.74. The SMILES string of the molecule is COc1ccc2c(c1)cc(C(=O)N1CCCC1)n2C. The van der Waals surface area contributed by atoms with Gasteiger partial charge in [-0.3, -0.25) is 4.79 Å². The summed E-state index contributed by atoms with van der Waals surface area (Å²) in [6, 6.07) is 7.84. The van der Waals surface area contributed by atoms with Gasteiger partial charge in [0.25, 0.3) is 5.91 Å². The topological polar surface area (TPSA) is 34.5 Å². The summed E-state index contributed by atoms with van der Waals surface area (Å²) < 4.78 is 7.19. The zero-order chi connectivity index (χ0) is 13.4. The van der Waals surface area contributed by atoms with Gasteiger partial charge in [-0.1, -0.05) is 0 Å². The lowest BCUT2D eigenvalue weighted by molar-refractivity contribution is 0.0784. The molecule has 0 radical (unpaired) electrons. The zero-order valence-electron chi connectivity index (χ0n) is 11.3. The fourth-order valence-corrected chi connectivity index (χ4v) is 2.74. The summed E-state index contributed by atoms with van der Waals surface area (Å²) in [5, 5.41) is 1.05. The molecule has 1 aliphatic rings. The Bertz CT molecular complexity index is 624. The van der Waals surface area contributed by atoms with E-state index in [9.17, 15) is 4.79 Å². The molecule has 1 amide bonds. The molecular formula is C15H18N2O2. The number of hydrogen-bond acceptors (Lipinski definition) is 2. The first kappa shape index (κ1) is 12.1. The number of carbonyl (C=O) groups excluding carboxylic acids is 1. The van der Waals surface area contributed by atoms with Crippen molar-refractivity contribution in [2.75, 3.05) is 20.2 Å². The van der Waals surface area contributed by atoms with Gasteiger partial charge >= 0.3 is 0 Å². The van der Waals surface area contributed by atoms with Crippen LogP contribution in [0, 0.1) is 0 Å². The van der Waals surface area contributed by atoms with E-state index >= 15 is 0 Å². The molecule has 100 valence electrons. The molecule has 0 unspecified atom stereocenters. The molecule has 1 fully saturated rings. The van der Waals surface area contributed by atoms with Gasteiger partial charge in [0.2, 0.25) is 0 Å². The summed E-state index contributed by atoms with van der Waals surface area (Å²) >= 11 is 0. The Kier molecular flexibility index (Phi) is 2.93. The van der Waals surface area contributed by atoms with Crippen molar-refractivity contribution >= 4 is 16.8 Å². The van der Waals surface area contributed by atoms with E-state index < -0.39 is 0 Å². The number of aromatic nitrogens is 1. The summed E-state index contributed by atoms with van der Waals surface area (Å²) in [7, 11) is 3.60. The van der Waals surface area contributed by atoms with Gasteiger partial charge in [-0.15, -0.1) is 0 Å². The van der Waals surface area contributed by atoms with Crippen molar-refractivity contribution in [2.45, 2.75) is 12.8 Å². The minimum atomic E-state index is 0.134. The molecule has 0 spiro atoms. The number of ether oxygens (including phenoxy) is 1. The van der Waals surface area contributed by atoms with E-state index in [1.54, 1.807) is 7.11 Å². The number of benzene rings is 1. The highest BCUT2D eigenvalue weighted by Crippen LogP contribution is 2.25. The summed E-state index contributed by atoms with van der Waals surface area (Å²) in [5.41, 5.74) is 1.81. The van der Waals surface area contributed by atoms with Crippen LogP contribution in [0.15, 0.2) is 24.3 Å². The van der Waals surface area contributed by atoms with Crippen molar-refractivity contribution in [3.05, 3.63) is 30.0 Å². The van der Waals surface area contributed by atoms with Crippen molar-refractivity contribution in [1.82, 2.24) is 9.47 Å². The van der Waals surface area contributed by atoms with Crippen LogP contribution < -0.4 is 4.74 Å². The van der Waals surface area contributed by atoms with E-state index in [1.807, 2.05) is 40.8 Å². The lowest BCUT2D eigenvalue weighted by atomic mass is 10.2. The number of likely N-dealkylation sites (tertiary alicyclic amines) is 1. The minimum Gasteiger partial charge on any atom is -0.497 e. The van der Waals surface area contributed by atoms with Crippen molar-refractivity contribution in [1.29, 1.82) is 0 Å². The Morgan fingerprint density at radius 2 is 1.95 bits per heavy atom. The van der Waals surface area contributed by atoms with Gasteiger partial charge in [-0.25, -0.2) is 0 Å². The van der Waals surface area contributed by atoms with Crippen LogP contribution in [0.4, 0.5) is 0 Å². The molecule has 0 atom stereocenters. The molecule has 1 saturated heterocycles. The molecule has 0 N–H and O–H groups in total. The maximum Gasteiger partial charge on any atom is 0.270 e. The molecule has 1 aromatic carbocycles. The number of carbonyl (C=O) groups is 1. The number of rotatable bonds is 2. The summed E-state index contributed by atoms with van der Waals surface area (Å²) in [6.07, 6.45) is 2.23. The van der Waals surface area contributed by atoms with Crippen LogP contribution >= 0.6 is 0 Å². The van der Waals surface area contributed by atoms with Crippen LogP contribution in [0.25, 0.3) is 10.9 Å². The predicted molar refractivity (Wildman–Crippen MR) is 74.6 cm³/mol. The third-order valence-corrected chi connectivity index (χ3v) is 3.86. The average Bonchev–Trinajstić information content (AvgIpc) is 3.06. The second kappa shape index (κ2) is 4.61. The molecule has 3 rings (SSSR count). The summed E-state index contributed by atoms with van der Waals surface area (Å²) in [5.74, 6) is 0.952. The van der Waals surface area contributed by atoms with Gasteiger partial charge in [-0.05, 0) is 37.1 Å². The number of amides is 1. The van der Waals surface area contributed by atoms with Crippen LogP contribution in [0.5, 0.6) is 5.75 Å². The molecule has 2 aromatic rings. The number of methoxy groups -OCH3 is 1. The van der Waals surface area contributed by atoms with Crippen LogP contribution in [0.2, 0.25) is 0 Å². The molecule has 1 aliphatic heterocycles. The molecule has 0 saturated carbocycles. The lowest BCUT2D eigenvalue weighted by Crippen LogP contribution is -2.29. The van der Waals surface area contributed by atoms with Crippen molar-refractivity contribution in [2.24, 2.45) is 7.05 Å². The number of fused-ring (bicyclic) bond motifs is 1. The van der Waals surface area contributed by atoms with Gasteiger partial charge in [0.1, 0.15) is 11.4 Å². The van der Waals surface area contributed by atoms with Gasteiger partial charge in [0, 0.05) is 31.0 Å².